The van der Waals surface area contributed by atoms with Gasteiger partial charge in [0.25, 0.3) is 0 Å². The fraction of sp³-hybridized carbons (Fsp3) is 0.167. The first-order valence-electron chi connectivity index (χ1n) is 4.95. The van der Waals surface area contributed by atoms with Crippen LogP contribution in [0.2, 0.25) is 0 Å². The molecule has 1 aliphatic heterocycles. The second kappa shape index (κ2) is 4.71. The van der Waals surface area contributed by atoms with Crippen LogP contribution >= 0.6 is 15.9 Å². The molecule has 1 aliphatic rings. The number of carbonyl (C=O) groups excluding carboxylic acids is 2. The number of halogens is 1. The highest BCUT2D eigenvalue weighted by molar-refractivity contribution is 9.10. The van der Waals surface area contributed by atoms with E-state index < -0.39 is 11.8 Å². The Kier molecular flexibility index (Phi) is 3.28. The van der Waals surface area contributed by atoms with Gasteiger partial charge in [0.05, 0.1) is 0 Å². The van der Waals surface area contributed by atoms with Gasteiger partial charge in [0.1, 0.15) is 11.3 Å². The average molecular weight is 297 g/mol. The molecule has 0 unspecified atom stereocenters. The van der Waals surface area contributed by atoms with Crippen molar-refractivity contribution in [2.45, 2.75) is 6.42 Å². The number of ether oxygens (including phenoxy) is 1. The summed E-state index contributed by atoms with van der Waals surface area (Å²) in [7, 11) is 0. The molecule has 0 radical (unpaired) electrons. The van der Waals surface area contributed by atoms with Gasteiger partial charge in [-0.3, -0.25) is 4.79 Å². The highest BCUT2D eigenvalue weighted by Crippen LogP contribution is 2.18. The predicted molar refractivity (Wildman–Crippen MR) is 63.5 cm³/mol. The third kappa shape index (κ3) is 2.55. The molecule has 2 rings (SSSR count). The summed E-state index contributed by atoms with van der Waals surface area (Å²) in [6, 6.07) is 7.24. The lowest BCUT2D eigenvalue weighted by molar-refractivity contribution is -0.135. The summed E-state index contributed by atoms with van der Waals surface area (Å²) in [5.41, 5.74) is 0.582. The summed E-state index contributed by atoms with van der Waals surface area (Å²) in [5.74, 6) is -1.45. The van der Waals surface area contributed by atoms with E-state index in [2.05, 4.69) is 20.7 Å². The Balaban J connectivity index is 2.24. The lowest BCUT2D eigenvalue weighted by Gasteiger charge is -2.02. The van der Waals surface area contributed by atoms with E-state index in [0.29, 0.717) is 0 Å². The molecule has 0 saturated carbocycles. The molecule has 88 valence electrons. The number of esters is 1. The minimum absolute atomic E-state index is 0.142. The zero-order valence-electron chi connectivity index (χ0n) is 8.77. The van der Waals surface area contributed by atoms with Crippen molar-refractivity contribution in [1.82, 2.24) is 0 Å². The molecule has 17 heavy (non-hydrogen) atoms. The Hall–Kier alpha value is -1.62. The van der Waals surface area contributed by atoms with Crippen molar-refractivity contribution < 1.29 is 19.4 Å². The van der Waals surface area contributed by atoms with Crippen molar-refractivity contribution in [1.29, 1.82) is 0 Å². The lowest BCUT2D eigenvalue weighted by atomic mass is 10.1. The van der Waals surface area contributed by atoms with Crippen LogP contribution in [0.3, 0.4) is 0 Å². The molecule has 1 saturated heterocycles. The standard InChI is InChI=1S/C12H9BrO4/c13-8-3-1-7(2-4-8)5-9(14)11-10(15)6-17-12(11)16/h1-4,14H,5-6H2. The number of benzene rings is 1. The number of carbonyl (C=O) groups is 2. The Labute approximate surface area is 106 Å². The largest absolute Gasteiger partial charge is 0.511 e. The van der Waals surface area contributed by atoms with E-state index in [4.69, 9.17) is 0 Å². The van der Waals surface area contributed by atoms with Gasteiger partial charge in [-0.1, -0.05) is 28.1 Å². The molecule has 4 nitrogen and oxygen atoms in total. The maximum absolute atomic E-state index is 11.3. The van der Waals surface area contributed by atoms with Gasteiger partial charge in [-0.05, 0) is 17.7 Å². The molecule has 1 aromatic carbocycles. The second-order valence-corrected chi connectivity index (χ2v) is 4.54. The van der Waals surface area contributed by atoms with E-state index in [1.54, 1.807) is 12.1 Å². The molecule has 1 aromatic rings. The van der Waals surface area contributed by atoms with Gasteiger partial charge in [0.15, 0.2) is 6.61 Å². The van der Waals surface area contributed by atoms with Gasteiger partial charge in [0.2, 0.25) is 5.78 Å². The van der Waals surface area contributed by atoms with Crippen LogP contribution in [0.5, 0.6) is 0 Å². The van der Waals surface area contributed by atoms with Gasteiger partial charge < -0.3 is 9.84 Å². The van der Waals surface area contributed by atoms with Crippen LogP contribution in [0.25, 0.3) is 0 Å². The Morgan fingerprint density at radius 2 is 1.94 bits per heavy atom. The van der Waals surface area contributed by atoms with E-state index >= 15 is 0 Å². The Morgan fingerprint density at radius 1 is 1.29 bits per heavy atom. The highest BCUT2D eigenvalue weighted by Gasteiger charge is 2.31. The van der Waals surface area contributed by atoms with Crippen LogP contribution in [0.15, 0.2) is 40.1 Å². The Bertz CT molecular complexity index is 484. The molecular weight excluding hydrogens is 288 g/mol. The molecule has 0 spiro atoms. The fourth-order valence-corrected chi connectivity index (χ4v) is 1.82. The van der Waals surface area contributed by atoms with Crippen LogP contribution in [0, 0.1) is 0 Å². The van der Waals surface area contributed by atoms with Crippen LogP contribution in [-0.2, 0) is 20.7 Å². The fourth-order valence-electron chi connectivity index (χ4n) is 1.55. The molecule has 0 bridgehead atoms. The van der Waals surface area contributed by atoms with Crippen LogP contribution in [0.4, 0.5) is 0 Å². The number of aliphatic hydroxyl groups excluding tert-OH is 1. The molecular formula is C12H9BrO4. The normalized spacial score (nSPS) is 18.2. The third-order valence-electron chi connectivity index (χ3n) is 2.39. The predicted octanol–water partition coefficient (Wildman–Crippen LogP) is 1.93. The minimum Gasteiger partial charge on any atom is -0.511 e. The first kappa shape index (κ1) is 11.9. The quantitative estimate of drug-likeness (QED) is 0.392. The van der Waals surface area contributed by atoms with E-state index in [9.17, 15) is 14.7 Å². The molecule has 0 amide bonds. The molecule has 0 aromatic heterocycles. The van der Waals surface area contributed by atoms with Gasteiger partial charge in [-0.15, -0.1) is 0 Å². The maximum Gasteiger partial charge on any atom is 0.345 e. The van der Waals surface area contributed by atoms with Crippen molar-refractivity contribution in [2.24, 2.45) is 0 Å². The number of hydrogen-bond acceptors (Lipinski definition) is 4. The number of hydrogen-bond donors (Lipinski definition) is 1. The molecule has 1 fully saturated rings. The van der Waals surface area contributed by atoms with Gasteiger partial charge in [-0.25, -0.2) is 4.79 Å². The molecule has 0 atom stereocenters. The summed E-state index contributed by atoms with van der Waals surface area (Å²) >= 11 is 3.29. The smallest absolute Gasteiger partial charge is 0.345 e. The molecule has 0 aliphatic carbocycles. The van der Waals surface area contributed by atoms with E-state index in [1.807, 2.05) is 12.1 Å². The van der Waals surface area contributed by atoms with Crippen molar-refractivity contribution in [3.63, 3.8) is 0 Å². The average Bonchev–Trinajstić information content (AvgIpc) is 2.62. The molecule has 5 heteroatoms. The zero-order chi connectivity index (χ0) is 12.4. The number of cyclic esters (lactones) is 1. The van der Waals surface area contributed by atoms with Gasteiger partial charge in [0, 0.05) is 10.9 Å². The minimum atomic E-state index is -0.746. The summed E-state index contributed by atoms with van der Waals surface area (Å²) in [5, 5.41) is 9.76. The SMILES string of the molecule is O=C1COC(=O)C1=C(O)Cc1ccc(Br)cc1. The lowest BCUT2D eigenvalue weighted by Crippen LogP contribution is -2.07. The first-order valence-corrected chi connectivity index (χ1v) is 5.74. The summed E-state index contributed by atoms with van der Waals surface area (Å²) in [6.45, 7) is -0.279. The topological polar surface area (TPSA) is 63.6 Å². The summed E-state index contributed by atoms with van der Waals surface area (Å²) in [6.07, 6.45) is 0.142. The Morgan fingerprint density at radius 3 is 2.47 bits per heavy atom. The summed E-state index contributed by atoms with van der Waals surface area (Å²) in [4.78, 5) is 22.5. The summed E-state index contributed by atoms with van der Waals surface area (Å²) < 4.78 is 5.46. The number of ketones is 1. The van der Waals surface area contributed by atoms with Crippen LogP contribution in [-0.4, -0.2) is 23.5 Å². The molecule has 1 heterocycles. The second-order valence-electron chi connectivity index (χ2n) is 3.62. The van der Waals surface area contributed by atoms with Crippen LogP contribution < -0.4 is 0 Å². The van der Waals surface area contributed by atoms with E-state index in [0.717, 1.165) is 10.0 Å². The highest BCUT2D eigenvalue weighted by atomic mass is 79.9. The van der Waals surface area contributed by atoms with Crippen molar-refractivity contribution in [2.75, 3.05) is 6.61 Å². The monoisotopic (exact) mass is 296 g/mol. The van der Waals surface area contributed by atoms with Crippen molar-refractivity contribution in [3.8, 4) is 0 Å². The van der Waals surface area contributed by atoms with Crippen molar-refractivity contribution in [3.05, 3.63) is 45.6 Å². The van der Waals surface area contributed by atoms with Crippen LogP contribution in [0.1, 0.15) is 5.56 Å². The van der Waals surface area contributed by atoms with Gasteiger partial charge >= 0.3 is 5.97 Å². The first-order chi connectivity index (χ1) is 8.08. The maximum atomic E-state index is 11.3. The van der Waals surface area contributed by atoms with Crippen molar-refractivity contribution >= 4 is 27.7 Å². The van der Waals surface area contributed by atoms with E-state index in [1.165, 1.54) is 0 Å². The number of allylic oxidation sites excluding steroid dienone is 1. The number of aliphatic hydroxyl groups is 1. The molecule has 1 N–H and O–H groups in total. The van der Waals surface area contributed by atoms with Gasteiger partial charge in [-0.2, -0.15) is 0 Å². The zero-order valence-corrected chi connectivity index (χ0v) is 10.4. The number of rotatable bonds is 2. The van der Waals surface area contributed by atoms with E-state index in [-0.39, 0.29) is 24.4 Å². The number of Topliss-reactive ketones (excluding diaryl/α,β-unsaturated/α-hetero) is 1. The third-order valence-corrected chi connectivity index (χ3v) is 2.92.